The maximum absolute atomic E-state index is 12.1. The van der Waals surface area contributed by atoms with Crippen LogP contribution in [0.15, 0.2) is 36.4 Å². The van der Waals surface area contributed by atoms with Gasteiger partial charge in [-0.05, 0) is 42.5 Å². The quantitative estimate of drug-likeness (QED) is 0.396. The summed E-state index contributed by atoms with van der Waals surface area (Å²) in [5, 5.41) is 24.7. The first-order chi connectivity index (χ1) is 12.2. The van der Waals surface area contributed by atoms with Crippen molar-refractivity contribution in [2.45, 2.75) is 0 Å². The number of anilines is 1. The lowest BCUT2D eigenvalue weighted by Crippen LogP contribution is -2.34. The number of aromatic carboxylic acids is 1. The Morgan fingerprint density at radius 3 is 2.38 bits per heavy atom. The van der Waals surface area contributed by atoms with Gasteiger partial charge in [0.25, 0.3) is 11.6 Å². The Morgan fingerprint density at radius 1 is 1.12 bits per heavy atom. The van der Waals surface area contributed by atoms with E-state index in [1.807, 2.05) is 0 Å². The number of amides is 1. The molecule has 0 fully saturated rings. The zero-order valence-corrected chi connectivity index (χ0v) is 15.0. The van der Waals surface area contributed by atoms with Gasteiger partial charge in [0.05, 0.1) is 15.5 Å². The summed E-state index contributed by atoms with van der Waals surface area (Å²) >= 11 is 16.4. The molecule has 2 aromatic rings. The van der Waals surface area contributed by atoms with Crippen molar-refractivity contribution in [3.05, 3.63) is 67.7 Å². The summed E-state index contributed by atoms with van der Waals surface area (Å²) in [5.74, 6) is -1.92. The van der Waals surface area contributed by atoms with E-state index in [1.165, 1.54) is 30.3 Å². The number of carbonyl (C=O) groups excluding carboxylic acids is 1. The van der Waals surface area contributed by atoms with E-state index in [2.05, 4.69) is 10.6 Å². The van der Waals surface area contributed by atoms with E-state index in [9.17, 15) is 19.7 Å². The van der Waals surface area contributed by atoms with Crippen LogP contribution in [0, 0.1) is 10.1 Å². The number of nitrogens with zero attached hydrogens (tertiary/aromatic N) is 1. The summed E-state index contributed by atoms with van der Waals surface area (Å²) in [5.41, 5.74) is -0.284. The molecule has 26 heavy (non-hydrogen) atoms. The molecule has 0 bridgehead atoms. The molecule has 0 radical (unpaired) electrons. The summed E-state index contributed by atoms with van der Waals surface area (Å²) < 4.78 is 0. The maximum atomic E-state index is 12.1. The van der Waals surface area contributed by atoms with Crippen molar-refractivity contribution >= 4 is 63.8 Å². The smallest absolute Gasteiger partial charge is 0.337 e. The van der Waals surface area contributed by atoms with Gasteiger partial charge in [-0.25, -0.2) is 4.79 Å². The molecule has 0 atom stereocenters. The maximum Gasteiger partial charge on any atom is 0.337 e. The first-order valence-electron chi connectivity index (χ1n) is 6.78. The van der Waals surface area contributed by atoms with Crippen molar-refractivity contribution in [2.75, 3.05) is 5.32 Å². The first kappa shape index (κ1) is 19.6. The van der Waals surface area contributed by atoms with E-state index in [-0.39, 0.29) is 26.3 Å². The van der Waals surface area contributed by atoms with Gasteiger partial charge in [0, 0.05) is 17.3 Å². The van der Waals surface area contributed by atoms with Crippen LogP contribution in [0.2, 0.25) is 10.0 Å². The molecule has 0 aliphatic heterocycles. The Balaban J connectivity index is 2.12. The second-order valence-corrected chi connectivity index (χ2v) is 6.05. The normalized spacial score (nSPS) is 10.1. The second kappa shape index (κ2) is 8.09. The third kappa shape index (κ3) is 4.66. The fourth-order valence-corrected chi connectivity index (χ4v) is 2.49. The summed E-state index contributed by atoms with van der Waals surface area (Å²) in [4.78, 5) is 33.4. The molecule has 8 nitrogen and oxygen atoms in total. The van der Waals surface area contributed by atoms with Gasteiger partial charge >= 0.3 is 5.97 Å². The number of rotatable bonds is 4. The predicted molar refractivity (Wildman–Crippen MR) is 100 cm³/mol. The Hall–Kier alpha value is -2.75. The summed E-state index contributed by atoms with van der Waals surface area (Å²) in [6.45, 7) is 0. The largest absolute Gasteiger partial charge is 0.478 e. The topological polar surface area (TPSA) is 122 Å². The van der Waals surface area contributed by atoms with E-state index in [0.717, 1.165) is 6.07 Å². The SMILES string of the molecule is O=C(NC(=S)Nc1ccc(Cl)c(C(=O)O)c1)c1ccc(Cl)c([N+](=O)[O-])c1. The van der Waals surface area contributed by atoms with Gasteiger partial charge in [0.15, 0.2) is 5.11 Å². The highest BCUT2D eigenvalue weighted by Gasteiger charge is 2.17. The van der Waals surface area contributed by atoms with Crippen LogP contribution in [0.3, 0.4) is 0 Å². The van der Waals surface area contributed by atoms with E-state index < -0.39 is 22.5 Å². The average Bonchev–Trinajstić information content (AvgIpc) is 2.56. The number of halogens is 2. The number of hydrogen-bond acceptors (Lipinski definition) is 5. The Kier molecular flexibility index (Phi) is 6.09. The van der Waals surface area contributed by atoms with E-state index in [4.69, 9.17) is 40.5 Å². The molecule has 134 valence electrons. The molecule has 0 aliphatic rings. The van der Waals surface area contributed by atoms with Crippen molar-refractivity contribution in [3.8, 4) is 0 Å². The molecule has 11 heteroatoms. The number of nitro benzene ring substituents is 1. The Bertz CT molecular complexity index is 935. The highest BCUT2D eigenvalue weighted by molar-refractivity contribution is 7.80. The number of thiocarbonyl (C=S) groups is 1. The van der Waals surface area contributed by atoms with Crippen molar-refractivity contribution in [1.82, 2.24) is 5.32 Å². The van der Waals surface area contributed by atoms with Crippen LogP contribution in [0.1, 0.15) is 20.7 Å². The molecule has 2 aromatic carbocycles. The van der Waals surface area contributed by atoms with Crippen molar-refractivity contribution in [1.29, 1.82) is 0 Å². The van der Waals surface area contributed by atoms with E-state index in [0.29, 0.717) is 5.69 Å². The standard InChI is InChI=1S/C15H9Cl2N3O5S/c16-10-4-2-8(6-9(10)14(22)23)18-15(26)19-13(21)7-1-3-11(17)12(5-7)20(24)25/h1-6H,(H,22,23)(H2,18,19,21,26). The Labute approximate surface area is 161 Å². The third-order valence-corrected chi connectivity index (χ3v) is 3.94. The molecule has 1 amide bonds. The molecule has 2 rings (SSSR count). The lowest BCUT2D eigenvalue weighted by atomic mass is 10.2. The number of hydrogen-bond donors (Lipinski definition) is 3. The number of carbonyl (C=O) groups is 2. The third-order valence-electron chi connectivity index (χ3n) is 3.09. The van der Waals surface area contributed by atoms with E-state index >= 15 is 0 Å². The second-order valence-electron chi connectivity index (χ2n) is 4.83. The number of nitro groups is 1. The lowest BCUT2D eigenvalue weighted by molar-refractivity contribution is -0.384. The van der Waals surface area contributed by atoms with Gasteiger partial charge in [-0.3, -0.25) is 20.2 Å². The molecule has 0 saturated heterocycles. The molecule has 0 saturated carbocycles. The van der Waals surface area contributed by atoms with Crippen LogP contribution < -0.4 is 10.6 Å². The van der Waals surface area contributed by atoms with Crippen LogP contribution in [-0.4, -0.2) is 27.0 Å². The van der Waals surface area contributed by atoms with Crippen LogP contribution in [0.5, 0.6) is 0 Å². The van der Waals surface area contributed by atoms with Crippen molar-refractivity contribution < 1.29 is 19.6 Å². The number of carboxylic acid groups (broad SMARTS) is 1. The summed E-state index contributed by atoms with van der Waals surface area (Å²) in [6, 6.07) is 7.63. The first-order valence-corrected chi connectivity index (χ1v) is 7.94. The molecule has 0 spiro atoms. The van der Waals surface area contributed by atoms with Gasteiger partial charge in [0.2, 0.25) is 0 Å². The minimum absolute atomic E-state index is 0.0208. The summed E-state index contributed by atoms with van der Waals surface area (Å²) in [6.07, 6.45) is 0. The zero-order valence-electron chi connectivity index (χ0n) is 12.7. The average molecular weight is 414 g/mol. The molecule has 0 aromatic heterocycles. The monoisotopic (exact) mass is 413 g/mol. The fraction of sp³-hybridized carbons (Fsp3) is 0. The van der Waals surface area contributed by atoms with Crippen molar-refractivity contribution in [3.63, 3.8) is 0 Å². The van der Waals surface area contributed by atoms with Crippen molar-refractivity contribution in [2.24, 2.45) is 0 Å². The van der Waals surface area contributed by atoms with Gasteiger partial charge in [-0.1, -0.05) is 23.2 Å². The minimum atomic E-state index is -1.22. The number of carboxylic acids is 1. The molecule has 3 N–H and O–H groups in total. The highest BCUT2D eigenvalue weighted by atomic mass is 35.5. The lowest BCUT2D eigenvalue weighted by Gasteiger charge is -2.11. The van der Waals surface area contributed by atoms with Gasteiger partial charge < -0.3 is 10.4 Å². The zero-order chi connectivity index (χ0) is 19.4. The van der Waals surface area contributed by atoms with Crippen LogP contribution in [0.25, 0.3) is 0 Å². The molecular formula is C15H9Cl2N3O5S. The van der Waals surface area contributed by atoms with Crippen LogP contribution >= 0.6 is 35.4 Å². The predicted octanol–water partition coefficient (Wildman–Crippen LogP) is 3.73. The molecular weight excluding hydrogens is 405 g/mol. The summed E-state index contributed by atoms with van der Waals surface area (Å²) in [7, 11) is 0. The van der Waals surface area contributed by atoms with Crippen LogP contribution in [-0.2, 0) is 0 Å². The van der Waals surface area contributed by atoms with E-state index in [1.54, 1.807) is 0 Å². The number of nitrogens with one attached hydrogen (secondary N) is 2. The van der Waals surface area contributed by atoms with Gasteiger partial charge in [0.1, 0.15) is 5.02 Å². The van der Waals surface area contributed by atoms with Gasteiger partial charge in [-0.2, -0.15) is 0 Å². The molecule has 0 heterocycles. The Morgan fingerprint density at radius 2 is 1.77 bits per heavy atom. The fourth-order valence-electron chi connectivity index (χ4n) is 1.90. The number of benzene rings is 2. The molecule has 0 aliphatic carbocycles. The van der Waals surface area contributed by atoms with Gasteiger partial charge in [-0.15, -0.1) is 0 Å². The highest BCUT2D eigenvalue weighted by Crippen LogP contribution is 2.25. The molecule has 0 unspecified atom stereocenters. The minimum Gasteiger partial charge on any atom is -0.478 e. The van der Waals surface area contributed by atoms with Crippen LogP contribution in [0.4, 0.5) is 11.4 Å².